The fourth-order valence-corrected chi connectivity index (χ4v) is 3.54. The van der Waals surface area contributed by atoms with Gasteiger partial charge in [0.1, 0.15) is 0 Å². The monoisotopic (exact) mass is 437 g/mol. The number of aliphatic hydroxyl groups is 1. The molecule has 166 valence electrons. The van der Waals surface area contributed by atoms with Crippen LogP contribution in [0.5, 0.6) is 0 Å². The molecule has 0 spiro atoms. The molecular weight excluding hydrogens is 415 g/mol. The van der Waals surface area contributed by atoms with E-state index in [-0.39, 0.29) is 30.4 Å². The minimum absolute atomic E-state index is 0.0415. The van der Waals surface area contributed by atoms with Crippen molar-refractivity contribution in [1.29, 1.82) is 0 Å². The molecule has 0 aromatic heterocycles. The highest BCUT2D eigenvalue weighted by molar-refractivity contribution is 5.94. The Balaban J connectivity index is 1.90. The normalized spacial score (nSPS) is 16.3. The number of anilines is 1. The van der Waals surface area contributed by atoms with Crippen LogP contribution in [0.15, 0.2) is 48.5 Å². The molecule has 1 aliphatic rings. The van der Waals surface area contributed by atoms with Gasteiger partial charge in [0.25, 0.3) is 5.91 Å². The lowest BCUT2D eigenvalue weighted by molar-refractivity contribution is -0.137. The molecular formula is C21H22F3N3O4. The van der Waals surface area contributed by atoms with Crippen molar-refractivity contribution in [3.63, 3.8) is 0 Å². The Labute approximate surface area is 176 Å². The quantitative estimate of drug-likeness (QED) is 0.494. The first-order chi connectivity index (χ1) is 14.7. The lowest BCUT2D eigenvalue weighted by atomic mass is 10.1. The fraction of sp³-hybridized carbons (Fsp3) is 0.333. The van der Waals surface area contributed by atoms with Gasteiger partial charge in [0.2, 0.25) is 0 Å². The minimum Gasteiger partial charge on any atom is -0.394 e. The summed E-state index contributed by atoms with van der Waals surface area (Å²) in [5, 5.41) is 18.3. The van der Waals surface area contributed by atoms with Gasteiger partial charge in [-0.05, 0) is 54.8 Å². The van der Waals surface area contributed by atoms with Gasteiger partial charge in [0, 0.05) is 17.8 Å². The summed E-state index contributed by atoms with van der Waals surface area (Å²) in [7, 11) is 0. The lowest BCUT2D eigenvalue weighted by Gasteiger charge is -2.31. The van der Waals surface area contributed by atoms with E-state index < -0.39 is 23.7 Å². The summed E-state index contributed by atoms with van der Waals surface area (Å²) in [6.45, 7) is 0.286. The molecule has 1 aliphatic heterocycles. The van der Waals surface area contributed by atoms with Gasteiger partial charge in [-0.25, -0.2) is 10.3 Å². The maximum Gasteiger partial charge on any atom is 0.416 e. The van der Waals surface area contributed by atoms with Crippen LogP contribution >= 0.6 is 0 Å². The number of nitrogens with zero attached hydrogens (tertiary/aromatic N) is 2. The zero-order valence-corrected chi connectivity index (χ0v) is 16.5. The van der Waals surface area contributed by atoms with Crippen LogP contribution in [-0.2, 0) is 12.7 Å². The van der Waals surface area contributed by atoms with Gasteiger partial charge < -0.3 is 10.0 Å². The van der Waals surface area contributed by atoms with E-state index in [0.29, 0.717) is 18.5 Å². The Morgan fingerprint density at radius 3 is 2.29 bits per heavy atom. The van der Waals surface area contributed by atoms with Crippen LogP contribution in [0.3, 0.4) is 0 Å². The third-order valence-electron chi connectivity index (χ3n) is 5.23. The van der Waals surface area contributed by atoms with Crippen LogP contribution in [0.25, 0.3) is 0 Å². The molecule has 1 fully saturated rings. The number of hydroxylamine groups is 1. The van der Waals surface area contributed by atoms with Crippen LogP contribution in [0.1, 0.15) is 34.3 Å². The van der Waals surface area contributed by atoms with Gasteiger partial charge in [-0.3, -0.25) is 14.9 Å². The number of carbonyl (C=O) groups is 2. The summed E-state index contributed by atoms with van der Waals surface area (Å²) in [5.74, 6) is -0.690. The standard InChI is InChI=1S/C21H22F3N3O4/c22-21(23,24)16-7-9-17(10-8-16)27(20(30)26-11-1-2-18(26)13-28)12-14-3-5-15(6-4-14)19(29)25-31/h3-10,18,28,31H,1-2,11-13H2,(H,25,29). The van der Waals surface area contributed by atoms with E-state index in [0.717, 1.165) is 18.6 Å². The zero-order chi connectivity index (χ0) is 22.6. The minimum atomic E-state index is -4.49. The van der Waals surface area contributed by atoms with Gasteiger partial charge in [0.05, 0.1) is 24.8 Å². The topological polar surface area (TPSA) is 93.1 Å². The number of alkyl halides is 3. The number of nitrogens with one attached hydrogen (secondary N) is 1. The van der Waals surface area contributed by atoms with Gasteiger partial charge in [-0.2, -0.15) is 13.2 Å². The molecule has 10 heteroatoms. The molecule has 2 aromatic rings. The second kappa shape index (κ2) is 9.36. The van der Waals surface area contributed by atoms with Crippen LogP contribution < -0.4 is 10.4 Å². The predicted octanol–water partition coefficient (Wildman–Crippen LogP) is 3.41. The number of hydrogen-bond donors (Lipinski definition) is 3. The molecule has 2 aromatic carbocycles. The van der Waals surface area contributed by atoms with Crippen molar-refractivity contribution in [2.75, 3.05) is 18.1 Å². The highest BCUT2D eigenvalue weighted by Gasteiger charge is 2.33. The molecule has 0 saturated carbocycles. The second-order valence-corrected chi connectivity index (χ2v) is 7.22. The lowest BCUT2D eigenvalue weighted by Crippen LogP contribution is -2.46. The average Bonchev–Trinajstić information content (AvgIpc) is 3.25. The van der Waals surface area contributed by atoms with E-state index in [9.17, 15) is 27.9 Å². The molecule has 3 amide bonds. The molecule has 3 N–H and O–H groups in total. The number of aliphatic hydroxyl groups excluding tert-OH is 1. The van der Waals surface area contributed by atoms with E-state index in [4.69, 9.17) is 5.21 Å². The first-order valence-electron chi connectivity index (χ1n) is 9.64. The fourth-order valence-electron chi connectivity index (χ4n) is 3.54. The largest absolute Gasteiger partial charge is 0.416 e. The van der Waals surface area contributed by atoms with Crippen molar-refractivity contribution in [2.24, 2.45) is 0 Å². The molecule has 1 saturated heterocycles. The van der Waals surface area contributed by atoms with Crippen molar-refractivity contribution in [3.05, 3.63) is 65.2 Å². The van der Waals surface area contributed by atoms with Gasteiger partial charge in [-0.1, -0.05) is 12.1 Å². The van der Waals surface area contributed by atoms with Crippen LogP contribution in [0.4, 0.5) is 23.7 Å². The second-order valence-electron chi connectivity index (χ2n) is 7.22. The first-order valence-corrected chi connectivity index (χ1v) is 9.64. The van der Waals surface area contributed by atoms with E-state index >= 15 is 0 Å². The van der Waals surface area contributed by atoms with Crippen LogP contribution in [0.2, 0.25) is 0 Å². The Bertz CT molecular complexity index is 917. The van der Waals surface area contributed by atoms with E-state index in [1.807, 2.05) is 0 Å². The molecule has 7 nitrogen and oxygen atoms in total. The highest BCUT2D eigenvalue weighted by atomic mass is 19.4. The predicted molar refractivity (Wildman–Crippen MR) is 106 cm³/mol. The molecule has 1 unspecified atom stereocenters. The molecule has 1 atom stereocenters. The molecule has 0 radical (unpaired) electrons. The molecule has 1 heterocycles. The summed E-state index contributed by atoms with van der Waals surface area (Å²) >= 11 is 0. The van der Waals surface area contributed by atoms with Crippen LogP contribution in [-0.4, -0.2) is 46.3 Å². The van der Waals surface area contributed by atoms with Gasteiger partial charge in [0.15, 0.2) is 0 Å². The molecule has 0 bridgehead atoms. The Morgan fingerprint density at radius 2 is 1.74 bits per heavy atom. The molecule has 0 aliphatic carbocycles. The van der Waals surface area contributed by atoms with Gasteiger partial charge in [-0.15, -0.1) is 0 Å². The molecule has 31 heavy (non-hydrogen) atoms. The number of amides is 3. The zero-order valence-electron chi connectivity index (χ0n) is 16.5. The third-order valence-corrected chi connectivity index (χ3v) is 5.23. The number of halogens is 3. The smallest absolute Gasteiger partial charge is 0.394 e. The van der Waals surface area contributed by atoms with Gasteiger partial charge >= 0.3 is 12.2 Å². The first kappa shape index (κ1) is 22.6. The number of hydrogen-bond acceptors (Lipinski definition) is 4. The summed E-state index contributed by atoms with van der Waals surface area (Å²) in [6.07, 6.45) is -3.12. The van der Waals surface area contributed by atoms with Crippen molar-refractivity contribution in [3.8, 4) is 0 Å². The summed E-state index contributed by atoms with van der Waals surface area (Å²) in [4.78, 5) is 27.6. The van der Waals surface area contributed by atoms with E-state index in [1.54, 1.807) is 12.1 Å². The summed E-state index contributed by atoms with van der Waals surface area (Å²) < 4.78 is 38.8. The molecule has 3 rings (SSSR count). The number of benzene rings is 2. The summed E-state index contributed by atoms with van der Waals surface area (Å²) in [5.41, 5.74) is 1.81. The van der Waals surface area contributed by atoms with Crippen molar-refractivity contribution >= 4 is 17.6 Å². The summed E-state index contributed by atoms with van der Waals surface area (Å²) in [6, 6.07) is 9.62. The average molecular weight is 437 g/mol. The maximum absolute atomic E-state index is 13.2. The maximum atomic E-state index is 13.2. The number of likely N-dealkylation sites (tertiary alicyclic amines) is 1. The highest BCUT2D eigenvalue weighted by Crippen LogP contribution is 2.31. The number of urea groups is 1. The third kappa shape index (κ3) is 5.15. The van der Waals surface area contributed by atoms with Crippen molar-refractivity contribution < 1.29 is 33.1 Å². The van der Waals surface area contributed by atoms with Crippen LogP contribution in [0, 0.1) is 0 Å². The van der Waals surface area contributed by atoms with Crippen molar-refractivity contribution in [1.82, 2.24) is 10.4 Å². The Morgan fingerprint density at radius 1 is 1.10 bits per heavy atom. The van der Waals surface area contributed by atoms with E-state index in [2.05, 4.69) is 0 Å². The number of carbonyl (C=O) groups excluding carboxylic acids is 2. The van der Waals surface area contributed by atoms with E-state index in [1.165, 1.54) is 39.5 Å². The van der Waals surface area contributed by atoms with Crippen molar-refractivity contribution in [2.45, 2.75) is 31.6 Å². The Kier molecular flexibility index (Phi) is 6.81. The SMILES string of the molecule is O=C(NO)c1ccc(CN(C(=O)N2CCCC2CO)c2ccc(C(F)(F)F)cc2)cc1. The Hall–Kier alpha value is -3.11. The number of rotatable bonds is 5.